The lowest BCUT2D eigenvalue weighted by atomic mass is 9.86. The summed E-state index contributed by atoms with van der Waals surface area (Å²) in [6.07, 6.45) is 0. The maximum Gasteiger partial charge on any atom is 0.0790 e. The number of hydrogen-bond acceptors (Lipinski definition) is 1. The quantitative estimate of drug-likeness (QED) is 0.109. The lowest BCUT2D eigenvalue weighted by Crippen LogP contribution is -2.08. The van der Waals surface area contributed by atoms with E-state index in [9.17, 15) is 0 Å². The SMILES string of the molecule is C=C(N=C(/C(=C(\C)c1ccc(C2c3ccccc3-c3ccccc32)cc1)c1ccc(-n2c3ccccc3c3ccccc32)cc1)c1ccccc1)c1ccccc1. The van der Waals surface area contributed by atoms with Crippen LogP contribution in [0.4, 0.5) is 0 Å². The van der Waals surface area contributed by atoms with Gasteiger partial charge in [-0.05, 0) is 81.3 Å². The van der Waals surface area contributed by atoms with E-state index in [4.69, 9.17) is 4.99 Å². The van der Waals surface area contributed by atoms with Crippen molar-refractivity contribution in [3.05, 3.63) is 252 Å². The van der Waals surface area contributed by atoms with Gasteiger partial charge < -0.3 is 4.57 Å². The van der Waals surface area contributed by atoms with Crippen LogP contribution in [0.1, 0.15) is 51.8 Å². The topological polar surface area (TPSA) is 17.3 Å². The molecule has 10 rings (SSSR count). The van der Waals surface area contributed by atoms with Gasteiger partial charge in [0.2, 0.25) is 0 Å². The molecule has 8 aromatic carbocycles. The van der Waals surface area contributed by atoms with Crippen LogP contribution < -0.4 is 0 Å². The number of rotatable bonds is 8. The molecule has 1 aliphatic rings. The van der Waals surface area contributed by atoms with Gasteiger partial charge in [-0.25, -0.2) is 4.99 Å². The van der Waals surface area contributed by atoms with Crippen LogP contribution in [-0.4, -0.2) is 10.3 Å². The molecule has 0 fully saturated rings. The van der Waals surface area contributed by atoms with Crippen molar-refractivity contribution in [1.82, 2.24) is 4.57 Å². The maximum absolute atomic E-state index is 5.38. The fourth-order valence-electron chi connectivity index (χ4n) is 8.78. The number of aromatic nitrogens is 1. The van der Waals surface area contributed by atoms with Crippen LogP contribution >= 0.6 is 0 Å². The third-order valence-corrected chi connectivity index (χ3v) is 11.5. The normalized spacial score (nSPS) is 13.0. The fraction of sp³-hybridized carbons (Fsp3) is 0.0364. The van der Waals surface area contributed by atoms with Crippen molar-refractivity contribution in [2.45, 2.75) is 12.8 Å². The number of nitrogens with zero attached hydrogens (tertiary/aromatic N) is 2. The first-order valence-corrected chi connectivity index (χ1v) is 19.6. The lowest BCUT2D eigenvalue weighted by molar-refractivity contribution is 1.01. The zero-order valence-electron chi connectivity index (χ0n) is 31.8. The molecule has 1 aromatic heterocycles. The molecule has 2 heteroatoms. The molecular weight excluding hydrogens is 689 g/mol. The molecule has 0 aliphatic heterocycles. The molecular formula is C55H40N2. The number of para-hydroxylation sites is 2. The van der Waals surface area contributed by atoms with Crippen LogP contribution in [0.3, 0.4) is 0 Å². The van der Waals surface area contributed by atoms with Gasteiger partial charge in [0.05, 0.1) is 22.4 Å². The average Bonchev–Trinajstić information content (AvgIpc) is 3.80. The Kier molecular flexibility index (Phi) is 8.65. The van der Waals surface area contributed by atoms with E-state index in [2.05, 4.69) is 206 Å². The van der Waals surface area contributed by atoms with E-state index >= 15 is 0 Å². The first-order valence-electron chi connectivity index (χ1n) is 19.6. The van der Waals surface area contributed by atoms with Crippen molar-refractivity contribution < 1.29 is 0 Å². The van der Waals surface area contributed by atoms with E-state index in [-0.39, 0.29) is 5.92 Å². The van der Waals surface area contributed by atoms with Crippen LogP contribution in [0.15, 0.2) is 218 Å². The van der Waals surface area contributed by atoms with E-state index in [1.165, 1.54) is 49.6 Å². The molecule has 57 heavy (non-hydrogen) atoms. The number of aliphatic imine (C=N–C) groups is 1. The Bertz CT molecular complexity index is 2900. The van der Waals surface area contributed by atoms with E-state index in [0.717, 1.165) is 50.5 Å². The van der Waals surface area contributed by atoms with Gasteiger partial charge >= 0.3 is 0 Å². The van der Waals surface area contributed by atoms with Gasteiger partial charge in [-0.15, -0.1) is 0 Å². The second-order valence-corrected chi connectivity index (χ2v) is 14.8. The van der Waals surface area contributed by atoms with Gasteiger partial charge in [0.1, 0.15) is 0 Å². The zero-order chi connectivity index (χ0) is 38.3. The number of hydrogen-bond donors (Lipinski definition) is 0. The van der Waals surface area contributed by atoms with E-state index in [1.54, 1.807) is 0 Å². The van der Waals surface area contributed by atoms with Crippen molar-refractivity contribution in [2.75, 3.05) is 0 Å². The molecule has 0 radical (unpaired) electrons. The molecule has 270 valence electrons. The summed E-state index contributed by atoms with van der Waals surface area (Å²) in [5, 5.41) is 2.50. The van der Waals surface area contributed by atoms with Crippen molar-refractivity contribution in [3.8, 4) is 16.8 Å². The molecule has 0 saturated carbocycles. The van der Waals surface area contributed by atoms with Crippen LogP contribution in [0, 0.1) is 0 Å². The Morgan fingerprint density at radius 1 is 0.456 bits per heavy atom. The van der Waals surface area contributed by atoms with Crippen molar-refractivity contribution in [2.24, 2.45) is 4.99 Å². The van der Waals surface area contributed by atoms with E-state index in [1.807, 2.05) is 18.2 Å². The molecule has 2 nitrogen and oxygen atoms in total. The largest absolute Gasteiger partial charge is 0.309 e. The molecule has 0 bridgehead atoms. The van der Waals surface area contributed by atoms with Gasteiger partial charge in [-0.2, -0.15) is 0 Å². The summed E-state index contributed by atoms with van der Waals surface area (Å²) in [5.41, 5.74) is 18.2. The highest BCUT2D eigenvalue weighted by atomic mass is 15.0. The number of benzene rings is 8. The number of allylic oxidation sites excluding steroid dienone is 2. The van der Waals surface area contributed by atoms with Crippen molar-refractivity contribution in [3.63, 3.8) is 0 Å². The Labute approximate surface area is 334 Å². The summed E-state index contributed by atoms with van der Waals surface area (Å²) in [6.45, 7) is 6.71. The third kappa shape index (κ3) is 6.03. The van der Waals surface area contributed by atoms with E-state index in [0.29, 0.717) is 0 Å². The highest BCUT2D eigenvalue weighted by molar-refractivity contribution is 6.37. The van der Waals surface area contributed by atoms with Gasteiger partial charge in [-0.1, -0.05) is 189 Å². The summed E-state index contributed by atoms with van der Waals surface area (Å²) in [5.74, 6) is 0.194. The lowest BCUT2D eigenvalue weighted by Gasteiger charge is -2.19. The molecule has 1 heterocycles. The predicted octanol–water partition coefficient (Wildman–Crippen LogP) is 14.0. The summed E-state index contributed by atoms with van der Waals surface area (Å²) in [6, 6.07) is 73.9. The summed E-state index contributed by atoms with van der Waals surface area (Å²) < 4.78 is 2.37. The Hall–Kier alpha value is -7.29. The van der Waals surface area contributed by atoms with Gasteiger partial charge in [0.15, 0.2) is 0 Å². The summed E-state index contributed by atoms with van der Waals surface area (Å²) in [7, 11) is 0. The van der Waals surface area contributed by atoms with E-state index < -0.39 is 0 Å². The second-order valence-electron chi connectivity index (χ2n) is 14.8. The van der Waals surface area contributed by atoms with Crippen LogP contribution in [0.2, 0.25) is 0 Å². The maximum atomic E-state index is 5.38. The Balaban J connectivity index is 1.14. The van der Waals surface area contributed by atoms with Crippen LogP contribution in [-0.2, 0) is 0 Å². The van der Waals surface area contributed by atoms with Crippen LogP contribution in [0.5, 0.6) is 0 Å². The molecule has 0 atom stereocenters. The molecule has 0 spiro atoms. The van der Waals surface area contributed by atoms with Crippen molar-refractivity contribution >= 4 is 44.4 Å². The van der Waals surface area contributed by atoms with Crippen molar-refractivity contribution in [1.29, 1.82) is 0 Å². The molecule has 9 aromatic rings. The van der Waals surface area contributed by atoms with Gasteiger partial charge in [0.25, 0.3) is 0 Å². The van der Waals surface area contributed by atoms with Crippen LogP contribution in [0.25, 0.3) is 55.5 Å². The first-order chi connectivity index (χ1) is 28.1. The molecule has 0 saturated heterocycles. The minimum Gasteiger partial charge on any atom is -0.309 e. The number of fused-ring (bicyclic) bond motifs is 6. The van der Waals surface area contributed by atoms with Gasteiger partial charge in [0, 0.05) is 33.5 Å². The highest BCUT2D eigenvalue weighted by Crippen LogP contribution is 2.48. The minimum atomic E-state index is 0.194. The van der Waals surface area contributed by atoms with Gasteiger partial charge in [-0.3, -0.25) is 0 Å². The molecule has 0 amide bonds. The molecule has 0 N–H and O–H groups in total. The second kappa shape index (κ2) is 14.4. The Morgan fingerprint density at radius 3 is 1.51 bits per heavy atom. The minimum absolute atomic E-state index is 0.194. The zero-order valence-corrected chi connectivity index (χ0v) is 31.8. The smallest absolute Gasteiger partial charge is 0.0790 e. The average molecular weight is 729 g/mol. The summed E-state index contributed by atoms with van der Waals surface area (Å²) in [4.78, 5) is 5.38. The first kappa shape index (κ1) is 34.2. The third-order valence-electron chi connectivity index (χ3n) is 11.5. The fourth-order valence-corrected chi connectivity index (χ4v) is 8.78. The molecule has 0 unspecified atom stereocenters. The highest BCUT2D eigenvalue weighted by Gasteiger charge is 2.29. The standard InChI is InChI=1S/C55H40N2/c1-37(39-29-31-42(32-30-39)54-49-25-11-9-21-45(49)46-22-10-12-26-50(46)54)53(55(43-19-7-4-8-20-43)56-38(2)40-17-5-3-6-18-40)41-33-35-44(36-34-41)57-51-27-15-13-23-47(51)48-24-14-16-28-52(48)57/h3-36,54H,2H2,1H3/b53-37+,56-55?. The monoisotopic (exact) mass is 728 g/mol. The Morgan fingerprint density at radius 2 is 0.930 bits per heavy atom. The predicted molar refractivity (Wildman–Crippen MR) is 241 cm³/mol. The molecule has 1 aliphatic carbocycles. The summed E-state index contributed by atoms with van der Waals surface area (Å²) >= 11 is 0.